The predicted molar refractivity (Wildman–Crippen MR) is 87.3 cm³/mol. The zero-order chi connectivity index (χ0) is 15.4. The maximum Gasteiger partial charge on any atom is 0.253 e. The summed E-state index contributed by atoms with van der Waals surface area (Å²) in [6.45, 7) is 3.00. The highest BCUT2D eigenvalue weighted by Gasteiger charge is 2.04. The largest absolute Gasteiger partial charge is 0.494 e. The highest BCUT2D eigenvalue weighted by Crippen LogP contribution is 2.19. The third kappa shape index (κ3) is 3.09. The Morgan fingerprint density at radius 1 is 1.27 bits per heavy atom. The van der Waals surface area contributed by atoms with Gasteiger partial charge in [0.2, 0.25) is 0 Å². The molecule has 0 atom stereocenters. The number of aromatic amines is 1. The van der Waals surface area contributed by atoms with Gasteiger partial charge in [0.15, 0.2) is 0 Å². The Hall–Kier alpha value is -2.82. The number of nitrogens with zero attached hydrogens (tertiary/aromatic N) is 1. The molecule has 3 aromatic rings. The minimum atomic E-state index is -0.0898. The van der Waals surface area contributed by atoms with Gasteiger partial charge < -0.3 is 15.0 Å². The Morgan fingerprint density at radius 3 is 2.95 bits per heavy atom. The summed E-state index contributed by atoms with van der Waals surface area (Å²) < 4.78 is 5.50. The number of anilines is 1. The van der Waals surface area contributed by atoms with Crippen molar-refractivity contribution in [1.29, 1.82) is 0 Å². The number of rotatable bonds is 5. The van der Waals surface area contributed by atoms with Crippen molar-refractivity contribution in [3.63, 3.8) is 0 Å². The third-order valence-corrected chi connectivity index (χ3v) is 3.35. The van der Waals surface area contributed by atoms with Gasteiger partial charge in [-0.2, -0.15) is 0 Å². The van der Waals surface area contributed by atoms with Gasteiger partial charge in [0.1, 0.15) is 5.75 Å². The van der Waals surface area contributed by atoms with Crippen LogP contribution >= 0.6 is 0 Å². The molecule has 5 nitrogen and oxygen atoms in total. The summed E-state index contributed by atoms with van der Waals surface area (Å²) in [4.78, 5) is 19.1. The molecule has 3 rings (SSSR count). The molecule has 22 heavy (non-hydrogen) atoms. The van der Waals surface area contributed by atoms with Crippen LogP contribution in [0.3, 0.4) is 0 Å². The van der Waals surface area contributed by atoms with Crippen molar-refractivity contribution in [3.8, 4) is 5.75 Å². The smallest absolute Gasteiger partial charge is 0.253 e. The number of aromatic nitrogens is 2. The summed E-state index contributed by atoms with van der Waals surface area (Å²) in [6.07, 6.45) is 3.44. The molecular weight excluding hydrogens is 278 g/mol. The van der Waals surface area contributed by atoms with E-state index in [1.54, 1.807) is 12.4 Å². The zero-order valence-corrected chi connectivity index (χ0v) is 12.3. The molecule has 0 bridgehead atoms. The molecule has 2 heterocycles. The number of hydrogen-bond acceptors (Lipinski definition) is 4. The van der Waals surface area contributed by atoms with Gasteiger partial charge in [-0.05, 0) is 43.3 Å². The average Bonchev–Trinajstić information content (AvgIpc) is 2.54. The summed E-state index contributed by atoms with van der Waals surface area (Å²) in [5.74, 6) is 0.799. The van der Waals surface area contributed by atoms with E-state index >= 15 is 0 Å². The molecule has 112 valence electrons. The van der Waals surface area contributed by atoms with Crippen LogP contribution in [0, 0.1) is 0 Å². The Morgan fingerprint density at radius 2 is 2.18 bits per heavy atom. The predicted octanol–water partition coefficient (Wildman–Crippen LogP) is 2.93. The summed E-state index contributed by atoms with van der Waals surface area (Å²) in [5, 5.41) is 4.14. The van der Waals surface area contributed by atoms with Gasteiger partial charge in [-0.3, -0.25) is 9.78 Å². The van der Waals surface area contributed by atoms with E-state index in [1.165, 1.54) is 0 Å². The fourth-order valence-corrected chi connectivity index (χ4v) is 2.28. The van der Waals surface area contributed by atoms with Crippen molar-refractivity contribution in [2.45, 2.75) is 13.5 Å². The molecule has 0 spiro atoms. The highest BCUT2D eigenvalue weighted by atomic mass is 16.5. The van der Waals surface area contributed by atoms with E-state index in [-0.39, 0.29) is 5.56 Å². The first-order valence-corrected chi connectivity index (χ1v) is 7.19. The molecule has 0 fully saturated rings. The SMILES string of the molecule is CCOc1ccc2[nH]c(=O)c(CNc3cccnc3)cc2c1. The lowest BCUT2D eigenvalue weighted by Gasteiger charge is -2.08. The van der Waals surface area contributed by atoms with Crippen LogP contribution in [0.5, 0.6) is 5.75 Å². The molecule has 2 N–H and O–H groups in total. The van der Waals surface area contributed by atoms with E-state index in [9.17, 15) is 4.79 Å². The molecule has 1 aromatic carbocycles. The topological polar surface area (TPSA) is 67.0 Å². The van der Waals surface area contributed by atoms with Gasteiger partial charge in [-0.1, -0.05) is 0 Å². The maximum absolute atomic E-state index is 12.1. The second-order valence-electron chi connectivity index (χ2n) is 4.90. The molecule has 0 aliphatic carbocycles. The molecule has 0 saturated heterocycles. The Labute approximate surface area is 128 Å². The monoisotopic (exact) mass is 295 g/mol. The fraction of sp³-hybridized carbons (Fsp3) is 0.176. The van der Waals surface area contributed by atoms with Gasteiger partial charge >= 0.3 is 0 Å². The number of H-pyrrole nitrogens is 1. The number of nitrogens with one attached hydrogen (secondary N) is 2. The van der Waals surface area contributed by atoms with E-state index in [2.05, 4.69) is 15.3 Å². The van der Waals surface area contributed by atoms with Crippen molar-refractivity contribution in [2.75, 3.05) is 11.9 Å². The van der Waals surface area contributed by atoms with Gasteiger partial charge in [0.05, 0.1) is 12.3 Å². The molecule has 0 aliphatic heterocycles. The van der Waals surface area contributed by atoms with Gasteiger partial charge in [0.25, 0.3) is 5.56 Å². The number of fused-ring (bicyclic) bond motifs is 1. The minimum Gasteiger partial charge on any atom is -0.494 e. The summed E-state index contributed by atoms with van der Waals surface area (Å²) >= 11 is 0. The third-order valence-electron chi connectivity index (χ3n) is 3.35. The molecule has 0 radical (unpaired) electrons. The standard InChI is InChI=1S/C17H17N3O2/c1-2-22-15-5-6-16-12(9-15)8-13(17(21)20-16)10-19-14-4-3-7-18-11-14/h3-9,11,19H,2,10H2,1H3,(H,20,21). The van der Waals surface area contributed by atoms with Crippen molar-refractivity contribution < 1.29 is 4.74 Å². The first-order valence-electron chi connectivity index (χ1n) is 7.19. The lowest BCUT2D eigenvalue weighted by Crippen LogP contribution is -2.15. The van der Waals surface area contributed by atoms with E-state index in [0.29, 0.717) is 18.7 Å². The van der Waals surface area contributed by atoms with E-state index < -0.39 is 0 Å². The number of ether oxygens (including phenoxy) is 1. The summed E-state index contributed by atoms with van der Waals surface area (Å²) in [7, 11) is 0. The van der Waals surface area contributed by atoms with Crippen LogP contribution in [0.1, 0.15) is 12.5 Å². The Bertz CT molecular complexity index is 828. The highest BCUT2D eigenvalue weighted by molar-refractivity contribution is 5.80. The molecule has 0 aliphatic rings. The first-order chi connectivity index (χ1) is 10.8. The van der Waals surface area contributed by atoms with Crippen molar-refractivity contribution >= 4 is 16.6 Å². The van der Waals surface area contributed by atoms with E-state index in [0.717, 1.165) is 22.3 Å². The van der Waals surface area contributed by atoms with Crippen LogP contribution in [-0.2, 0) is 6.54 Å². The van der Waals surface area contributed by atoms with Gasteiger partial charge in [-0.25, -0.2) is 0 Å². The van der Waals surface area contributed by atoms with Gasteiger partial charge in [0, 0.05) is 35.4 Å². The number of benzene rings is 1. The summed E-state index contributed by atoms with van der Waals surface area (Å²) in [5.41, 5.74) is 2.27. The normalized spacial score (nSPS) is 10.6. The maximum atomic E-state index is 12.1. The van der Waals surface area contributed by atoms with E-state index in [1.807, 2.05) is 43.3 Å². The quantitative estimate of drug-likeness (QED) is 0.759. The molecular formula is C17H17N3O2. The van der Waals surface area contributed by atoms with Gasteiger partial charge in [-0.15, -0.1) is 0 Å². The van der Waals surface area contributed by atoms with Crippen LogP contribution in [0.25, 0.3) is 10.9 Å². The van der Waals surface area contributed by atoms with Crippen LogP contribution < -0.4 is 15.6 Å². The van der Waals surface area contributed by atoms with Crippen LogP contribution in [0.15, 0.2) is 53.6 Å². The molecule has 0 saturated carbocycles. The fourth-order valence-electron chi connectivity index (χ4n) is 2.28. The molecule has 5 heteroatoms. The molecule has 0 unspecified atom stereocenters. The lowest BCUT2D eigenvalue weighted by molar-refractivity contribution is 0.340. The molecule has 0 amide bonds. The Balaban J connectivity index is 1.88. The second kappa shape index (κ2) is 6.30. The second-order valence-corrected chi connectivity index (χ2v) is 4.90. The van der Waals surface area contributed by atoms with Crippen molar-refractivity contribution in [1.82, 2.24) is 9.97 Å². The summed E-state index contributed by atoms with van der Waals surface area (Å²) in [6, 6.07) is 11.3. The van der Waals surface area contributed by atoms with Crippen molar-refractivity contribution in [3.05, 3.63) is 64.7 Å². The van der Waals surface area contributed by atoms with Crippen molar-refractivity contribution in [2.24, 2.45) is 0 Å². The van der Waals surface area contributed by atoms with Crippen LogP contribution in [-0.4, -0.2) is 16.6 Å². The molecule has 2 aromatic heterocycles. The minimum absolute atomic E-state index is 0.0898. The van der Waals surface area contributed by atoms with E-state index in [4.69, 9.17) is 4.74 Å². The Kier molecular flexibility index (Phi) is 4.05. The number of pyridine rings is 2. The average molecular weight is 295 g/mol. The first kappa shape index (κ1) is 14.1. The van der Waals surface area contributed by atoms with Crippen LogP contribution in [0.2, 0.25) is 0 Å². The number of hydrogen-bond donors (Lipinski definition) is 2. The lowest BCUT2D eigenvalue weighted by atomic mass is 10.1. The zero-order valence-electron chi connectivity index (χ0n) is 12.3. The van der Waals surface area contributed by atoms with Crippen LogP contribution in [0.4, 0.5) is 5.69 Å².